The second kappa shape index (κ2) is 8.00. The van der Waals surface area contributed by atoms with Crippen LogP contribution in [0.1, 0.15) is 15.9 Å². The topological polar surface area (TPSA) is 89.8 Å². The van der Waals surface area contributed by atoms with Gasteiger partial charge in [0.05, 0.1) is 4.92 Å². The Morgan fingerprint density at radius 1 is 1.32 bits per heavy atom. The monoisotopic (exact) mass is 346 g/mol. The third-order valence-corrected chi connectivity index (χ3v) is 3.46. The van der Waals surface area contributed by atoms with Crippen LogP contribution in [0.2, 0.25) is 0 Å². The van der Waals surface area contributed by atoms with E-state index in [4.69, 9.17) is 4.74 Å². The minimum Gasteiger partial charge on any atom is -0.477 e. The third-order valence-electron chi connectivity index (χ3n) is 3.46. The normalized spacial score (nSPS) is 10.2. The van der Waals surface area contributed by atoms with Gasteiger partial charge >= 0.3 is 5.69 Å². The molecule has 0 aliphatic carbocycles. The van der Waals surface area contributed by atoms with Crippen LogP contribution < -0.4 is 4.74 Å². The van der Waals surface area contributed by atoms with Crippen LogP contribution in [0.3, 0.4) is 0 Å². The van der Waals surface area contributed by atoms with E-state index >= 15 is 0 Å². The zero-order valence-electron chi connectivity index (χ0n) is 13.3. The number of nitro groups is 1. The number of nitrogens with zero attached hydrogens (tertiary/aromatic N) is 2. The molecule has 25 heavy (non-hydrogen) atoms. The number of amides is 1. The second-order valence-electron chi connectivity index (χ2n) is 5.23. The van der Waals surface area contributed by atoms with Crippen LogP contribution in [0.5, 0.6) is 5.75 Å². The van der Waals surface area contributed by atoms with Gasteiger partial charge in [0, 0.05) is 30.8 Å². The van der Waals surface area contributed by atoms with Gasteiger partial charge in [-0.2, -0.15) is 0 Å². The van der Waals surface area contributed by atoms with E-state index in [1.807, 2.05) is 0 Å². The van der Waals surface area contributed by atoms with Crippen LogP contribution in [-0.2, 0) is 11.3 Å². The third kappa shape index (κ3) is 4.60. The number of carbonyl (C=O) groups excluding carboxylic acids is 2. The van der Waals surface area contributed by atoms with E-state index in [0.717, 1.165) is 6.07 Å². The first-order chi connectivity index (χ1) is 11.9. The highest BCUT2D eigenvalue weighted by Crippen LogP contribution is 2.27. The van der Waals surface area contributed by atoms with E-state index in [1.165, 1.54) is 30.1 Å². The van der Waals surface area contributed by atoms with Gasteiger partial charge in [-0.1, -0.05) is 18.2 Å². The summed E-state index contributed by atoms with van der Waals surface area (Å²) in [7, 11) is 1.47. The van der Waals surface area contributed by atoms with Crippen molar-refractivity contribution in [2.45, 2.75) is 6.54 Å². The average molecular weight is 346 g/mol. The first-order valence-corrected chi connectivity index (χ1v) is 7.26. The van der Waals surface area contributed by atoms with Crippen LogP contribution in [0.15, 0.2) is 42.5 Å². The highest BCUT2D eigenvalue weighted by Gasteiger charge is 2.18. The second-order valence-corrected chi connectivity index (χ2v) is 5.23. The number of carbonyl (C=O) groups is 2. The van der Waals surface area contributed by atoms with Crippen molar-refractivity contribution in [2.75, 3.05) is 13.7 Å². The van der Waals surface area contributed by atoms with Crippen LogP contribution in [0.25, 0.3) is 0 Å². The van der Waals surface area contributed by atoms with Crippen molar-refractivity contribution in [3.63, 3.8) is 0 Å². The Hall–Kier alpha value is -3.29. The number of hydrogen-bond acceptors (Lipinski definition) is 5. The molecule has 0 saturated carbocycles. The van der Waals surface area contributed by atoms with Crippen molar-refractivity contribution in [3.05, 3.63) is 69.5 Å². The molecule has 7 nitrogen and oxygen atoms in total. The molecule has 0 heterocycles. The minimum atomic E-state index is -0.699. The molecule has 1 amide bonds. The van der Waals surface area contributed by atoms with Gasteiger partial charge < -0.3 is 9.64 Å². The van der Waals surface area contributed by atoms with Gasteiger partial charge in [0.15, 0.2) is 12.4 Å². The van der Waals surface area contributed by atoms with Crippen molar-refractivity contribution in [3.8, 4) is 5.75 Å². The highest BCUT2D eigenvalue weighted by molar-refractivity contribution is 5.79. The van der Waals surface area contributed by atoms with E-state index in [2.05, 4.69) is 0 Å². The van der Waals surface area contributed by atoms with Crippen LogP contribution in [0, 0.1) is 15.9 Å². The standard InChI is InChI=1S/C17H15FN2O5/c1-19(9-13-4-2-3-5-14(13)18)17(22)11-25-16-7-6-12(10-21)8-15(16)20(23)24/h2-8,10H,9,11H2,1H3. The predicted molar refractivity (Wildman–Crippen MR) is 86.9 cm³/mol. The Balaban J connectivity index is 2.03. The van der Waals surface area contributed by atoms with Crippen molar-refractivity contribution in [2.24, 2.45) is 0 Å². The van der Waals surface area contributed by atoms with Gasteiger partial charge in [0.2, 0.25) is 0 Å². The van der Waals surface area contributed by atoms with Gasteiger partial charge in [-0.05, 0) is 18.2 Å². The quantitative estimate of drug-likeness (QED) is 0.437. The van der Waals surface area contributed by atoms with E-state index in [-0.39, 0.29) is 17.9 Å². The highest BCUT2D eigenvalue weighted by atomic mass is 19.1. The number of ether oxygens (including phenoxy) is 1. The molecule has 2 rings (SSSR count). The molecule has 0 bridgehead atoms. The van der Waals surface area contributed by atoms with Crippen LogP contribution in [-0.4, -0.2) is 35.7 Å². The summed E-state index contributed by atoms with van der Waals surface area (Å²) in [5, 5.41) is 11.0. The Kier molecular flexibility index (Phi) is 5.78. The van der Waals surface area contributed by atoms with Crippen molar-refractivity contribution in [1.82, 2.24) is 4.90 Å². The lowest BCUT2D eigenvalue weighted by Crippen LogP contribution is -2.31. The average Bonchev–Trinajstić information content (AvgIpc) is 2.61. The summed E-state index contributed by atoms with van der Waals surface area (Å²) in [5.74, 6) is -1.02. The van der Waals surface area contributed by atoms with E-state index in [9.17, 15) is 24.1 Å². The number of benzene rings is 2. The fourth-order valence-electron chi connectivity index (χ4n) is 2.09. The molecule has 0 aromatic heterocycles. The lowest BCUT2D eigenvalue weighted by molar-refractivity contribution is -0.385. The lowest BCUT2D eigenvalue weighted by atomic mass is 10.2. The molecular weight excluding hydrogens is 331 g/mol. The molecule has 8 heteroatoms. The maximum Gasteiger partial charge on any atom is 0.311 e. The number of hydrogen-bond donors (Lipinski definition) is 0. The number of nitro benzene ring substituents is 1. The summed E-state index contributed by atoms with van der Waals surface area (Å²) in [6.07, 6.45) is 0.476. The first kappa shape index (κ1) is 18.1. The molecule has 0 fully saturated rings. The van der Waals surface area contributed by atoms with Crippen molar-refractivity contribution < 1.29 is 23.6 Å². The SMILES string of the molecule is CN(Cc1ccccc1F)C(=O)COc1ccc(C=O)cc1[N+](=O)[O-]. The fourth-order valence-corrected chi connectivity index (χ4v) is 2.09. The number of likely N-dealkylation sites (N-methyl/N-ethyl adjacent to an activating group) is 1. The zero-order valence-corrected chi connectivity index (χ0v) is 13.3. The molecule has 0 unspecified atom stereocenters. The van der Waals surface area contributed by atoms with Crippen molar-refractivity contribution >= 4 is 17.9 Å². The molecule has 0 radical (unpaired) electrons. The van der Waals surface area contributed by atoms with Crippen LogP contribution in [0.4, 0.5) is 10.1 Å². The van der Waals surface area contributed by atoms with Gasteiger partial charge in [0.1, 0.15) is 12.1 Å². The van der Waals surface area contributed by atoms with Crippen molar-refractivity contribution in [1.29, 1.82) is 0 Å². The number of rotatable bonds is 7. The summed E-state index contributed by atoms with van der Waals surface area (Å²) in [6.45, 7) is -0.409. The molecule has 0 aliphatic heterocycles. The molecule has 2 aromatic carbocycles. The minimum absolute atomic E-state index is 0.0427. The summed E-state index contributed by atoms with van der Waals surface area (Å²) < 4.78 is 18.8. The summed E-state index contributed by atoms with van der Waals surface area (Å²) in [5.41, 5.74) is 0.0656. The van der Waals surface area contributed by atoms with E-state index in [1.54, 1.807) is 18.2 Å². The summed E-state index contributed by atoms with van der Waals surface area (Å²) in [4.78, 5) is 34.4. The largest absolute Gasteiger partial charge is 0.477 e. The molecule has 2 aromatic rings. The van der Waals surface area contributed by atoms with E-state index in [0.29, 0.717) is 11.8 Å². The molecular formula is C17H15FN2O5. The van der Waals surface area contributed by atoms with E-state index < -0.39 is 28.9 Å². The Morgan fingerprint density at radius 3 is 2.68 bits per heavy atom. The summed E-state index contributed by atoms with van der Waals surface area (Å²) in [6, 6.07) is 9.73. The summed E-state index contributed by atoms with van der Waals surface area (Å²) >= 11 is 0. The fraction of sp³-hybridized carbons (Fsp3) is 0.176. The molecule has 130 valence electrons. The zero-order chi connectivity index (χ0) is 18.4. The molecule has 0 saturated heterocycles. The number of halogens is 1. The predicted octanol–water partition coefficient (Wildman–Crippen LogP) is 2.58. The Labute approximate surface area is 142 Å². The Bertz CT molecular complexity index is 809. The number of aldehydes is 1. The molecule has 0 N–H and O–H groups in total. The maximum atomic E-state index is 13.6. The molecule has 0 atom stereocenters. The van der Waals surface area contributed by atoms with Gasteiger partial charge in [-0.15, -0.1) is 0 Å². The molecule has 0 aliphatic rings. The smallest absolute Gasteiger partial charge is 0.311 e. The van der Waals surface area contributed by atoms with Gasteiger partial charge in [0.25, 0.3) is 5.91 Å². The molecule has 0 spiro atoms. The van der Waals surface area contributed by atoms with Crippen LogP contribution >= 0.6 is 0 Å². The lowest BCUT2D eigenvalue weighted by Gasteiger charge is -2.18. The van der Waals surface area contributed by atoms with Gasteiger partial charge in [-0.3, -0.25) is 19.7 Å². The Morgan fingerprint density at radius 2 is 2.04 bits per heavy atom. The maximum absolute atomic E-state index is 13.6. The van der Waals surface area contributed by atoms with Gasteiger partial charge in [-0.25, -0.2) is 4.39 Å². The first-order valence-electron chi connectivity index (χ1n) is 7.26.